The van der Waals surface area contributed by atoms with Gasteiger partial charge in [-0.1, -0.05) is 18.2 Å². The lowest BCUT2D eigenvalue weighted by molar-refractivity contribution is 0.566. The van der Waals surface area contributed by atoms with Crippen molar-refractivity contribution in [2.45, 2.75) is 26.4 Å². The summed E-state index contributed by atoms with van der Waals surface area (Å²) in [5.74, 6) is -0.132. The van der Waals surface area contributed by atoms with Crippen LogP contribution >= 0.6 is 11.3 Å². The maximum atomic E-state index is 13.4. The van der Waals surface area contributed by atoms with Crippen LogP contribution in [0.25, 0.3) is 0 Å². The molecule has 0 aliphatic heterocycles. The van der Waals surface area contributed by atoms with Gasteiger partial charge in [0.2, 0.25) is 0 Å². The maximum Gasteiger partial charge on any atom is 0.126 e. The van der Waals surface area contributed by atoms with Crippen molar-refractivity contribution >= 4 is 11.3 Å². The van der Waals surface area contributed by atoms with Crippen LogP contribution in [0.15, 0.2) is 35.7 Å². The molecule has 0 bridgehead atoms. The van der Waals surface area contributed by atoms with Gasteiger partial charge in [-0.05, 0) is 42.5 Å². The monoisotopic (exact) mass is 249 g/mol. The predicted octanol–water partition coefficient (Wildman–Crippen LogP) is 4.05. The normalized spacial score (nSPS) is 12.6. The van der Waals surface area contributed by atoms with Crippen LogP contribution in [0, 0.1) is 12.7 Å². The Morgan fingerprint density at radius 1 is 1.35 bits per heavy atom. The van der Waals surface area contributed by atoms with Crippen LogP contribution in [-0.2, 0) is 6.54 Å². The molecule has 0 radical (unpaired) electrons. The van der Waals surface area contributed by atoms with Gasteiger partial charge in [-0.3, -0.25) is 0 Å². The van der Waals surface area contributed by atoms with Gasteiger partial charge in [0, 0.05) is 17.5 Å². The Bertz CT molecular complexity index is 479. The fraction of sp³-hybridized carbons (Fsp3) is 0.286. The first kappa shape index (κ1) is 12.3. The van der Waals surface area contributed by atoms with Crippen molar-refractivity contribution in [3.63, 3.8) is 0 Å². The molecule has 0 spiro atoms. The minimum atomic E-state index is -0.132. The standard InChI is InChI=1S/C14H16FNS/c1-10-5-6-12(8-14(10)15)11(2)16-9-13-4-3-7-17-13/h3-8,11,16H,9H2,1-2H3. The molecule has 1 N–H and O–H groups in total. The number of aryl methyl sites for hydroxylation is 1. The van der Waals surface area contributed by atoms with Gasteiger partial charge in [0.05, 0.1) is 0 Å². The van der Waals surface area contributed by atoms with E-state index in [1.807, 2.05) is 18.2 Å². The molecule has 0 saturated carbocycles. The second-order valence-corrected chi connectivity index (χ2v) is 5.22. The molecule has 1 aromatic heterocycles. The first-order chi connectivity index (χ1) is 8.16. The van der Waals surface area contributed by atoms with Gasteiger partial charge >= 0.3 is 0 Å². The van der Waals surface area contributed by atoms with Crippen molar-refractivity contribution in [1.29, 1.82) is 0 Å². The third kappa shape index (κ3) is 3.14. The van der Waals surface area contributed by atoms with Crippen LogP contribution in [0.1, 0.15) is 29.0 Å². The first-order valence-electron chi connectivity index (χ1n) is 5.68. The summed E-state index contributed by atoms with van der Waals surface area (Å²) in [7, 11) is 0. The maximum absolute atomic E-state index is 13.4. The van der Waals surface area contributed by atoms with Crippen LogP contribution in [0.2, 0.25) is 0 Å². The number of hydrogen-bond acceptors (Lipinski definition) is 2. The van der Waals surface area contributed by atoms with Crippen molar-refractivity contribution < 1.29 is 4.39 Å². The lowest BCUT2D eigenvalue weighted by Crippen LogP contribution is -2.17. The number of nitrogens with one attached hydrogen (secondary N) is 1. The van der Waals surface area contributed by atoms with E-state index < -0.39 is 0 Å². The van der Waals surface area contributed by atoms with Crippen LogP contribution < -0.4 is 5.32 Å². The number of thiophene rings is 1. The fourth-order valence-corrected chi connectivity index (χ4v) is 2.32. The zero-order valence-electron chi connectivity index (χ0n) is 10.0. The predicted molar refractivity (Wildman–Crippen MR) is 70.7 cm³/mol. The van der Waals surface area contributed by atoms with Gasteiger partial charge in [-0.15, -0.1) is 11.3 Å². The van der Waals surface area contributed by atoms with E-state index in [1.54, 1.807) is 24.3 Å². The summed E-state index contributed by atoms with van der Waals surface area (Å²) in [4.78, 5) is 1.30. The number of hydrogen-bond donors (Lipinski definition) is 1. The van der Waals surface area contributed by atoms with Crippen molar-refractivity contribution in [3.05, 3.63) is 57.5 Å². The summed E-state index contributed by atoms with van der Waals surface area (Å²) in [5, 5.41) is 5.45. The SMILES string of the molecule is Cc1ccc(C(C)NCc2cccs2)cc1F. The van der Waals surface area contributed by atoms with Crippen molar-refractivity contribution in [2.75, 3.05) is 0 Å². The smallest absolute Gasteiger partial charge is 0.126 e. The molecule has 0 fully saturated rings. The van der Waals surface area contributed by atoms with E-state index in [9.17, 15) is 4.39 Å². The Balaban J connectivity index is 1.99. The topological polar surface area (TPSA) is 12.0 Å². The molecule has 0 aliphatic carbocycles. The third-order valence-electron chi connectivity index (χ3n) is 2.86. The largest absolute Gasteiger partial charge is 0.305 e. The van der Waals surface area contributed by atoms with Gasteiger partial charge in [-0.2, -0.15) is 0 Å². The lowest BCUT2D eigenvalue weighted by Gasteiger charge is -2.14. The first-order valence-corrected chi connectivity index (χ1v) is 6.56. The summed E-state index contributed by atoms with van der Waals surface area (Å²) in [5.41, 5.74) is 1.68. The second-order valence-electron chi connectivity index (χ2n) is 4.19. The van der Waals surface area contributed by atoms with Crippen LogP contribution in [0.3, 0.4) is 0 Å². The minimum absolute atomic E-state index is 0.132. The zero-order chi connectivity index (χ0) is 12.3. The van der Waals surface area contributed by atoms with Crippen molar-refractivity contribution in [2.24, 2.45) is 0 Å². The Morgan fingerprint density at radius 2 is 2.18 bits per heavy atom. The van der Waals surface area contributed by atoms with E-state index >= 15 is 0 Å². The molecular formula is C14H16FNS. The molecule has 0 amide bonds. The lowest BCUT2D eigenvalue weighted by atomic mass is 10.1. The summed E-state index contributed by atoms with van der Waals surface area (Å²) in [6.07, 6.45) is 0. The molecule has 1 aromatic carbocycles. The average molecular weight is 249 g/mol. The van der Waals surface area contributed by atoms with Crippen LogP contribution in [0.5, 0.6) is 0 Å². The highest BCUT2D eigenvalue weighted by Crippen LogP contribution is 2.17. The quantitative estimate of drug-likeness (QED) is 0.862. The highest BCUT2D eigenvalue weighted by atomic mass is 32.1. The number of benzene rings is 1. The fourth-order valence-electron chi connectivity index (χ4n) is 1.66. The summed E-state index contributed by atoms with van der Waals surface area (Å²) >= 11 is 1.73. The highest BCUT2D eigenvalue weighted by Gasteiger charge is 2.07. The van der Waals surface area contributed by atoms with E-state index in [1.165, 1.54) is 4.88 Å². The van der Waals surface area contributed by atoms with E-state index in [0.717, 1.165) is 12.1 Å². The van der Waals surface area contributed by atoms with Gasteiger partial charge in [0.15, 0.2) is 0 Å². The van der Waals surface area contributed by atoms with Crippen molar-refractivity contribution in [1.82, 2.24) is 5.32 Å². The summed E-state index contributed by atoms with van der Waals surface area (Å²) in [6.45, 7) is 4.66. The molecule has 17 heavy (non-hydrogen) atoms. The molecule has 2 rings (SSSR count). The number of halogens is 1. The van der Waals surface area contributed by atoms with Crippen molar-refractivity contribution in [3.8, 4) is 0 Å². The van der Waals surface area contributed by atoms with E-state index in [4.69, 9.17) is 0 Å². The zero-order valence-corrected chi connectivity index (χ0v) is 10.9. The Hall–Kier alpha value is -1.19. The molecule has 0 saturated heterocycles. The minimum Gasteiger partial charge on any atom is -0.305 e. The van der Waals surface area contributed by atoms with Crippen LogP contribution in [0.4, 0.5) is 4.39 Å². The second kappa shape index (κ2) is 5.43. The van der Waals surface area contributed by atoms with Crippen LogP contribution in [-0.4, -0.2) is 0 Å². The average Bonchev–Trinajstić information content (AvgIpc) is 2.82. The van der Waals surface area contributed by atoms with Gasteiger partial charge < -0.3 is 5.32 Å². The van der Waals surface area contributed by atoms with E-state index in [2.05, 4.69) is 23.7 Å². The molecule has 1 nitrogen and oxygen atoms in total. The molecule has 1 unspecified atom stereocenters. The van der Waals surface area contributed by atoms with Gasteiger partial charge in [-0.25, -0.2) is 4.39 Å². The highest BCUT2D eigenvalue weighted by molar-refractivity contribution is 7.09. The molecular weight excluding hydrogens is 233 g/mol. The van der Waals surface area contributed by atoms with E-state index in [-0.39, 0.29) is 11.9 Å². The Kier molecular flexibility index (Phi) is 3.92. The van der Waals surface area contributed by atoms with Gasteiger partial charge in [0.1, 0.15) is 5.82 Å². The molecule has 3 heteroatoms. The Morgan fingerprint density at radius 3 is 2.82 bits per heavy atom. The third-order valence-corrected chi connectivity index (χ3v) is 3.73. The number of rotatable bonds is 4. The van der Waals surface area contributed by atoms with E-state index in [0.29, 0.717) is 5.56 Å². The Labute approximate surface area is 105 Å². The summed E-state index contributed by atoms with van der Waals surface area (Å²) < 4.78 is 13.4. The molecule has 90 valence electrons. The molecule has 1 atom stereocenters. The van der Waals surface area contributed by atoms with Gasteiger partial charge in [0.25, 0.3) is 0 Å². The molecule has 2 aromatic rings. The molecule has 0 aliphatic rings. The summed E-state index contributed by atoms with van der Waals surface area (Å²) in [6, 6.07) is 9.71. The molecule has 1 heterocycles.